The Hall–Kier alpha value is -8.52. The molecule has 0 atom stereocenters. The highest BCUT2D eigenvalue weighted by Gasteiger charge is 2.47. The first-order chi connectivity index (χ1) is 32.7. The summed E-state index contributed by atoms with van der Waals surface area (Å²) >= 11 is 0. The van der Waals surface area contributed by atoms with Crippen LogP contribution in [0.15, 0.2) is 273 Å². The first kappa shape index (κ1) is 39.1. The van der Waals surface area contributed by atoms with Crippen molar-refractivity contribution in [3.8, 4) is 55.6 Å². The molecule has 0 fully saturated rings. The van der Waals surface area contributed by atoms with Gasteiger partial charge >= 0.3 is 0 Å². The molecule has 66 heavy (non-hydrogen) atoms. The third-order valence-electron chi connectivity index (χ3n) is 13.6. The van der Waals surface area contributed by atoms with Gasteiger partial charge in [0.25, 0.3) is 0 Å². The van der Waals surface area contributed by atoms with Crippen molar-refractivity contribution in [2.75, 3.05) is 4.90 Å². The lowest BCUT2D eigenvalue weighted by molar-refractivity contribution is 0.768. The van der Waals surface area contributed by atoms with Crippen molar-refractivity contribution in [1.29, 1.82) is 0 Å². The Balaban J connectivity index is 1.05. The van der Waals surface area contributed by atoms with E-state index in [2.05, 4.69) is 278 Å². The van der Waals surface area contributed by atoms with Crippen LogP contribution in [0.4, 0.5) is 17.1 Å². The van der Waals surface area contributed by atoms with Gasteiger partial charge in [0.05, 0.1) is 16.8 Å². The SMILES string of the molecule is c1ccc(-c2cccc(-c3ccc(N(c4ccccc4-c4ccc(-c5ccc6ccccc6c5)cc4)c4cccc5c4-c4ccccc4C5(c4ccccc4)c4ccccc4)cc3)c2)cc1. The monoisotopic (exact) mass is 839 g/mol. The predicted molar refractivity (Wildman–Crippen MR) is 278 cm³/mol. The fraction of sp³-hybridized carbons (Fsp3) is 0.0154. The van der Waals surface area contributed by atoms with Gasteiger partial charge in [0.1, 0.15) is 0 Å². The molecule has 11 aromatic rings. The van der Waals surface area contributed by atoms with Crippen LogP contribution in [-0.2, 0) is 5.41 Å². The number of rotatable bonds is 9. The molecule has 0 amide bonds. The van der Waals surface area contributed by atoms with E-state index in [0.717, 1.165) is 28.2 Å². The molecular formula is C65H45N. The molecule has 0 aliphatic heterocycles. The zero-order chi connectivity index (χ0) is 43.9. The van der Waals surface area contributed by atoms with Crippen molar-refractivity contribution in [2.45, 2.75) is 5.41 Å². The molecule has 1 nitrogen and oxygen atoms in total. The number of benzene rings is 11. The fourth-order valence-corrected chi connectivity index (χ4v) is 10.5. The second-order valence-corrected chi connectivity index (χ2v) is 17.2. The average molecular weight is 840 g/mol. The van der Waals surface area contributed by atoms with Crippen molar-refractivity contribution in [3.63, 3.8) is 0 Å². The summed E-state index contributed by atoms with van der Waals surface area (Å²) in [6, 6.07) is 100. The van der Waals surface area contributed by atoms with E-state index in [-0.39, 0.29) is 0 Å². The summed E-state index contributed by atoms with van der Waals surface area (Å²) in [5, 5.41) is 2.50. The highest BCUT2D eigenvalue weighted by Crippen LogP contribution is 2.60. The number of anilines is 3. The summed E-state index contributed by atoms with van der Waals surface area (Å²) in [6.45, 7) is 0. The molecule has 0 heterocycles. The molecule has 11 aromatic carbocycles. The number of fused-ring (bicyclic) bond motifs is 4. The zero-order valence-corrected chi connectivity index (χ0v) is 36.4. The lowest BCUT2D eigenvalue weighted by Gasteiger charge is -2.34. The predicted octanol–water partition coefficient (Wildman–Crippen LogP) is 17.3. The molecular weight excluding hydrogens is 795 g/mol. The third-order valence-corrected chi connectivity index (χ3v) is 13.6. The maximum Gasteiger partial charge on any atom is 0.0714 e. The van der Waals surface area contributed by atoms with Gasteiger partial charge in [-0.1, -0.05) is 237 Å². The largest absolute Gasteiger partial charge is 0.309 e. The minimum atomic E-state index is -0.526. The Kier molecular flexibility index (Phi) is 9.81. The molecule has 0 radical (unpaired) electrons. The molecule has 1 aliphatic rings. The molecule has 0 unspecified atom stereocenters. The molecule has 310 valence electrons. The summed E-state index contributed by atoms with van der Waals surface area (Å²) in [6.07, 6.45) is 0. The second-order valence-electron chi connectivity index (χ2n) is 17.2. The van der Waals surface area contributed by atoms with Gasteiger partial charge in [-0.25, -0.2) is 0 Å². The maximum atomic E-state index is 2.50. The highest BCUT2D eigenvalue weighted by atomic mass is 15.1. The molecule has 0 saturated heterocycles. The first-order valence-corrected chi connectivity index (χ1v) is 22.8. The minimum absolute atomic E-state index is 0.526. The van der Waals surface area contributed by atoms with Gasteiger partial charge in [-0.3, -0.25) is 0 Å². The van der Waals surface area contributed by atoms with E-state index in [9.17, 15) is 0 Å². The normalized spacial score (nSPS) is 12.4. The van der Waals surface area contributed by atoms with Crippen molar-refractivity contribution in [3.05, 3.63) is 295 Å². The van der Waals surface area contributed by atoms with E-state index in [4.69, 9.17) is 0 Å². The van der Waals surface area contributed by atoms with Gasteiger partial charge < -0.3 is 4.90 Å². The van der Waals surface area contributed by atoms with Gasteiger partial charge in [0.2, 0.25) is 0 Å². The molecule has 0 spiro atoms. The third kappa shape index (κ3) is 6.64. The van der Waals surface area contributed by atoms with Crippen LogP contribution in [0.3, 0.4) is 0 Å². The smallest absolute Gasteiger partial charge is 0.0714 e. The van der Waals surface area contributed by atoms with E-state index in [1.54, 1.807) is 0 Å². The van der Waals surface area contributed by atoms with Gasteiger partial charge in [0.15, 0.2) is 0 Å². The standard InChI is InChI=1S/C65H45N/c1-4-18-46(19-5-1)52-22-16-23-53(44-52)49-40-42-57(43-41-49)66(62-32-15-13-28-58(62)50-37-34-48(35-38-50)54-39-36-47-20-10-11-21-51(47)45-54)63-33-17-31-61-64(63)59-29-12-14-30-60(59)65(61,55-24-6-2-7-25-55)56-26-8-3-9-27-56/h1-45H. The van der Waals surface area contributed by atoms with Gasteiger partial charge in [-0.05, 0) is 114 Å². The van der Waals surface area contributed by atoms with E-state index < -0.39 is 5.41 Å². The Morgan fingerprint density at radius 3 is 1.41 bits per heavy atom. The lowest BCUT2D eigenvalue weighted by Crippen LogP contribution is -2.28. The number of hydrogen-bond acceptors (Lipinski definition) is 1. The summed E-state index contributed by atoms with van der Waals surface area (Å²) in [4.78, 5) is 2.50. The van der Waals surface area contributed by atoms with Crippen LogP contribution in [0.2, 0.25) is 0 Å². The average Bonchev–Trinajstić information content (AvgIpc) is 3.71. The molecule has 0 bridgehead atoms. The summed E-state index contributed by atoms with van der Waals surface area (Å²) < 4.78 is 0. The van der Waals surface area contributed by atoms with Gasteiger partial charge in [0, 0.05) is 16.8 Å². The quantitative estimate of drug-likeness (QED) is 0.140. The molecule has 1 aliphatic carbocycles. The Morgan fingerprint density at radius 2 is 0.712 bits per heavy atom. The number of hydrogen-bond donors (Lipinski definition) is 0. The van der Waals surface area contributed by atoms with Crippen molar-refractivity contribution in [1.82, 2.24) is 0 Å². The van der Waals surface area contributed by atoms with Crippen LogP contribution >= 0.6 is 0 Å². The van der Waals surface area contributed by atoms with Crippen LogP contribution in [-0.4, -0.2) is 0 Å². The first-order valence-electron chi connectivity index (χ1n) is 22.8. The van der Waals surface area contributed by atoms with E-state index >= 15 is 0 Å². The topological polar surface area (TPSA) is 3.24 Å². The second kappa shape index (κ2) is 16.6. The molecule has 1 heteroatoms. The maximum absolute atomic E-state index is 2.50. The van der Waals surface area contributed by atoms with Crippen LogP contribution in [0.25, 0.3) is 66.4 Å². The zero-order valence-electron chi connectivity index (χ0n) is 36.4. The summed E-state index contributed by atoms with van der Waals surface area (Å²) in [5.74, 6) is 0. The number of nitrogens with zero attached hydrogens (tertiary/aromatic N) is 1. The van der Waals surface area contributed by atoms with Crippen LogP contribution in [0, 0.1) is 0 Å². The molecule has 0 aromatic heterocycles. The fourth-order valence-electron chi connectivity index (χ4n) is 10.5. The number of para-hydroxylation sites is 1. The summed E-state index contributed by atoms with van der Waals surface area (Å²) in [5.41, 5.74) is 19.8. The molecule has 12 rings (SSSR count). The van der Waals surface area contributed by atoms with Crippen LogP contribution in [0.5, 0.6) is 0 Å². The van der Waals surface area contributed by atoms with Crippen molar-refractivity contribution >= 4 is 27.8 Å². The van der Waals surface area contributed by atoms with E-state index in [0.29, 0.717) is 0 Å². The van der Waals surface area contributed by atoms with Crippen LogP contribution < -0.4 is 4.90 Å². The van der Waals surface area contributed by atoms with E-state index in [1.165, 1.54) is 77.5 Å². The summed E-state index contributed by atoms with van der Waals surface area (Å²) in [7, 11) is 0. The van der Waals surface area contributed by atoms with Gasteiger partial charge in [-0.2, -0.15) is 0 Å². The Labute approximate surface area is 387 Å². The van der Waals surface area contributed by atoms with Gasteiger partial charge in [-0.15, -0.1) is 0 Å². The van der Waals surface area contributed by atoms with Crippen LogP contribution in [0.1, 0.15) is 22.3 Å². The van der Waals surface area contributed by atoms with Crippen molar-refractivity contribution < 1.29 is 0 Å². The molecule has 0 N–H and O–H groups in total. The van der Waals surface area contributed by atoms with Crippen molar-refractivity contribution in [2.24, 2.45) is 0 Å². The molecule has 0 saturated carbocycles. The lowest BCUT2D eigenvalue weighted by atomic mass is 9.68. The van der Waals surface area contributed by atoms with E-state index in [1.807, 2.05) is 0 Å². The Bertz CT molecular complexity index is 3460. The Morgan fingerprint density at radius 1 is 0.258 bits per heavy atom. The minimum Gasteiger partial charge on any atom is -0.309 e. The highest BCUT2D eigenvalue weighted by molar-refractivity contribution is 6.00.